The van der Waals surface area contributed by atoms with Crippen molar-refractivity contribution in [2.75, 3.05) is 6.54 Å². The van der Waals surface area contributed by atoms with Crippen LogP contribution in [0.1, 0.15) is 70.1 Å². The van der Waals surface area contributed by atoms with Crippen LogP contribution in [0, 0.1) is 12.8 Å². The van der Waals surface area contributed by atoms with Gasteiger partial charge in [-0.2, -0.15) is 0 Å². The molecule has 0 amide bonds. The number of rotatable bonds is 5. The van der Waals surface area contributed by atoms with Gasteiger partial charge in [0.05, 0.1) is 0 Å². The largest absolute Gasteiger partial charge is 0.330 e. The molecule has 1 aromatic rings. The van der Waals surface area contributed by atoms with Crippen LogP contribution in [0.5, 0.6) is 0 Å². The minimum atomic E-state index is 0.216. The summed E-state index contributed by atoms with van der Waals surface area (Å²) in [5.74, 6) is 1.32. The molecule has 0 radical (unpaired) electrons. The molecule has 0 saturated heterocycles. The molecule has 1 unspecified atom stereocenters. The lowest BCUT2D eigenvalue weighted by Crippen LogP contribution is -2.15. The molecule has 0 bridgehead atoms. The summed E-state index contributed by atoms with van der Waals surface area (Å²) in [5.41, 5.74) is 10.4. The smallest absolute Gasteiger partial charge is 0.00714 e. The van der Waals surface area contributed by atoms with E-state index in [-0.39, 0.29) is 5.41 Å². The normalized spacial score (nSPS) is 13.9. The predicted octanol–water partition coefficient (Wildman–Crippen LogP) is 4.77. The van der Waals surface area contributed by atoms with Gasteiger partial charge in [-0.05, 0) is 60.3 Å². The van der Waals surface area contributed by atoms with E-state index in [4.69, 9.17) is 5.73 Å². The van der Waals surface area contributed by atoms with Gasteiger partial charge in [0, 0.05) is 0 Å². The quantitative estimate of drug-likeness (QED) is 0.811. The van der Waals surface area contributed by atoms with Crippen molar-refractivity contribution < 1.29 is 0 Å². The lowest BCUT2D eigenvalue weighted by Gasteiger charge is -2.25. The van der Waals surface area contributed by atoms with Gasteiger partial charge in [0.25, 0.3) is 0 Å². The van der Waals surface area contributed by atoms with Crippen molar-refractivity contribution in [2.45, 2.75) is 65.7 Å². The summed E-state index contributed by atoms with van der Waals surface area (Å²) < 4.78 is 0. The van der Waals surface area contributed by atoms with Crippen LogP contribution in [0.2, 0.25) is 0 Å². The summed E-state index contributed by atoms with van der Waals surface area (Å²) in [6, 6.07) is 6.96. The number of aryl methyl sites for hydroxylation is 1. The molecule has 1 rings (SSSR count). The Labute approximate surface area is 119 Å². The number of hydrogen-bond donors (Lipinski definition) is 1. The Balaban J connectivity index is 3.13. The average Bonchev–Trinajstić information content (AvgIpc) is 2.27. The molecule has 0 saturated carbocycles. The highest BCUT2D eigenvalue weighted by atomic mass is 14.5. The Morgan fingerprint density at radius 2 is 1.79 bits per heavy atom. The third kappa shape index (κ3) is 4.65. The van der Waals surface area contributed by atoms with Gasteiger partial charge in [0.1, 0.15) is 0 Å². The molecular weight excluding hydrogens is 230 g/mol. The molecule has 0 aliphatic carbocycles. The predicted molar refractivity (Wildman–Crippen MR) is 85.7 cm³/mol. The van der Waals surface area contributed by atoms with Gasteiger partial charge < -0.3 is 5.73 Å². The summed E-state index contributed by atoms with van der Waals surface area (Å²) in [6.45, 7) is 14.4. The van der Waals surface area contributed by atoms with Gasteiger partial charge in [-0.25, -0.2) is 0 Å². The molecule has 0 aliphatic heterocycles. The van der Waals surface area contributed by atoms with Crippen molar-refractivity contribution in [3.8, 4) is 0 Å². The Hall–Kier alpha value is -0.820. The molecule has 0 aromatic heterocycles. The molecule has 2 N–H and O–H groups in total. The van der Waals surface area contributed by atoms with Crippen LogP contribution in [0.25, 0.3) is 0 Å². The maximum Gasteiger partial charge on any atom is -0.00714 e. The first kappa shape index (κ1) is 16.2. The first-order valence-electron chi connectivity index (χ1n) is 7.56. The second kappa shape index (κ2) is 6.56. The van der Waals surface area contributed by atoms with Gasteiger partial charge in [0.15, 0.2) is 0 Å². The van der Waals surface area contributed by atoms with E-state index >= 15 is 0 Å². The molecule has 19 heavy (non-hydrogen) atoms. The van der Waals surface area contributed by atoms with Gasteiger partial charge in [-0.3, -0.25) is 0 Å². The van der Waals surface area contributed by atoms with Crippen molar-refractivity contribution in [1.29, 1.82) is 0 Å². The molecule has 1 nitrogen and oxygen atoms in total. The second-order valence-corrected chi connectivity index (χ2v) is 7.23. The van der Waals surface area contributed by atoms with Crippen LogP contribution in [0.3, 0.4) is 0 Å². The number of nitrogens with two attached hydrogens (primary N) is 1. The van der Waals surface area contributed by atoms with Crippen molar-refractivity contribution in [3.05, 3.63) is 34.9 Å². The van der Waals surface area contributed by atoms with Gasteiger partial charge in [-0.15, -0.1) is 0 Å². The topological polar surface area (TPSA) is 26.0 Å². The third-order valence-corrected chi connectivity index (χ3v) is 3.86. The Morgan fingerprint density at radius 3 is 2.26 bits per heavy atom. The number of benzene rings is 1. The zero-order valence-electron chi connectivity index (χ0n) is 13.6. The van der Waals surface area contributed by atoms with Crippen molar-refractivity contribution in [2.24, 2.45) is 11.7 Å². The fourth-order valence-corrected chi connectivity index (χ4v) is 2.72. The Bertz CT molecular complexity index is 399. The van der Waals surface area contributed by atoms with Gasteiger partial charge >= 0.3 is 0 Å². The third-order valence-electron chi connectivity index (χ3n) is 3.86. The summed E-state index contributed by atoms with van der Waals surface area (Å²) in [7, 11) is 0. The Morgan fingerprint density at radius 1 is 1.16 bits per heavy atom. The average molecular weight is 261 g/mol. The number of hydrogen-bond acceptors (Lipinski definition) is 1. The summed E-state index contributed by atoms with van der Waals surface area (Å²) in [4.78, 5) is 0. The van der Waals surface area contributed by atoms with Crippen LogP contribution in [0.15, 0.2) is 18.2 Å². The molecular formula is C18H31N. The fraction of sp³-hybridized carbons (Fsp3) is 0.667. The molecule has 0 spiro atoms. The highest BCUT2D eigenvalue weighted by molar-refractivity contribution is 5.36. The lowest BCUT2D eigenvalue weighted by atomic mass is 9.80. The van der Waals surface area contributed by atoms with Crippen molar-refractivity contribution in [3.63, 3.8) is 0 Å². The van der Waals surface area contributed by atoms with Crippen LogP contribution in [-0.2, 0) is 5.41 Å². The Kier molecular flexibility index (Phi) is 5.61. The van der Waals surface area contributed by atoms with Gasteiger partial charge in [0.2, 0.25) is 0 Å². The molecule has 1 heteroatoms. The maximum atomic E-state index is 5.82. The zero-order chi connectivity index (χ0) is 14.6. The summed E-state index contributed by atoms with van der Waals surface area (Å²) in [6.07, 6.45) is 2.32. The monoisotopic (exact) mass is 261 g/mol. The first-order chi connectivity index (χ1) is 8.75. The van der Waals surface area contributed by atoms with E-state index in [0.29, 0.717) is 11.8 Å². The summed E-state index contributed by atoms with van der Waals surface area (Å²) >= 11 is 0. The highest BCUT2D eigenvalue weighted by Crippen LogP contribution is 2.32. The van der Waals surface area contributed by atoms with E-state index in [1.54, 1.807) is 0 Å². The van der Waals surface area contributed by atoms with E-state index in [2.05, 4.69) is 59.7 Å². The lowest BCUT2D eigenvalue weighted by molar-refractivity contribution is 0.477. The van der Waals surface area contributed by atoms with E-state index in [1.807, 2.05) is 0 Å². The molecule has 108 valence electrons. The molecule has 0 fully saturated rings. The fourth-order valence-electron chi connectivity index (χ4n) is 2.72. The van der Waals surface area contributed by atoms with Crippen LogP contribution in [-0.4, -0.2) is 6.54 Å². The van der Waals surface area contributed by atoms with Crippen molar-refractivity contribution in [1.82, 2.24) is 0 Å². The van der Waals surface area contributed by atoms with Crippen LogP contribution < -0.4 is 5.73 Å². The van der Waals surface area contributed by atoms with E-state index in [1.165, 1.54) is 23.1 Å². The van der Waals surface area contributed by atoms with E-state index < -0.39 is 0 Å². The van der Waals surface area contributed by atoms with Crippen molar-refractivity contribution >= 4 is 0 Å². The first-order valence-corrected chi connectivity index (χ1v) is 7.56. The van der Waals surface area contributed by atoms with E-state index in [0.717, 1.165) is 13.0 Å². The molecule has 0 heterocycles. The molecule has 0 aliphatic rings. The molecule has 1 aromatic carbocycles. The highest BCUT2D eigenvalue weighted by Gasteiger charge is 2.19. The van der Waals surface area contributed by atoms with Crippen LogP contribution in [0.4, 0.5) is 0 Å². The SMILES string of the molecule is Cc1ccc(C(C)(C)C)cc1C(CCN)CC(C)C. The summed E-state index contributed by atoms with van der Waals surface area (Å²) in [5, 5.41) is 0. The minimum Gasteiger partial charge on any atom is -0.330 e. The standard InChI is InChI=1S/C18H31N/c1-13(2)11-15(9-10-19)17-12-16(18(4,5)6)8-7-14(17)3/h7-8,12-13,15H,9-11,19H2,1-6H3. The second-order valence-electron chi connectivity index (χ2n) is 7.23. The minimum absolute atomic E-state index is 0.216. The van der Waals surface area contributed by atoms with Gasteiger partial charge in [-0.1, -0.05) is 52.8 Å². The maximum absolute atomic E-state index is 5.82. The van der Waals surface area contributed by atoms with Crippen LogP contribution >= 0.6 is 0 Å². The molecule has 1 atom stereocenters. The van der Waals surface area contributed by atoms with E-state index in [9.17, 15) is 0 Å². The zero-order valence-corrected chi connectivity index (χ0v) is 13.6.